The fourth-order valence-corrected chi connectivity index (χ4v) is 4.15. The summed E-state index contributed by atoms with van der Waals surface area (Å²) in [6, 6.07) is 24.3. The van der Waals surface area contributed by atoms with Gasteiger partial charge in [-0.2, -0.15) is 0 Å². The molecule has 0 spiro atoms. The molecule has 1 radical (unpaired) electrons. The summed E-state index contributed by atoms with van der Waals surface area (Å²) in [6.07, 6.45) is 4.32. The number of hydrogen-bond acceptors (Lipinski definition) is 6. The van der Waals surface area contributed by atoms with Crippen molar-refractivity contribution in [1.82, 2.24) is 10.3 Å². The number of nitrogens with zero attached hydrogens (tertiary/aromatic N) is 2. The monoisotopic (exact) mass is 484 g/mol. The number of ether oxygens (including phenoxy) is 1. The molecule has 0 saturated carbocycles. The summed E-state index contributed by atoms with van der Waals surface area (Å²) < 4.78 is 5.64. The van der Waals surface area contributed by atoms with Gasteiger partial charge in [0.25, 0.3) is 0 Å². The highest BCUT2D eigenvalue weighted by Crippen LogP contribution is 2.32. The molecular formula is C29H30N3O4. The van der Waals surface area contributed by atoms with Crippen LogP contribution in [-0.2, 0) is 4.74 Å². The van der Waals surface area contributed by atoms with Crippen LogP contribution in [0.5, 0.6) is 0 Å². The molecule has 7 nitrogen and oxygen atoms in total. The number of nitrogens with one attached hydrogen (secondary N) is 1. The Bertz CT molecular complexity index is 1160. The summed E-state index contributed by atoms with van der Waals surface area (Å²) in [5, 5.41) is 6.71. The van der Waals surface area contributed by atoms with Crippen molar-refractivity contribution in [3.63, 3.8) is 0 Å². The van der Waals surface area contributed by atoms with Gasteiger partial charge in [-0.15, -0.1) is 0 Å². The van der Waals surface area contributed by atoms with Gasteiger partial charge in [0.2, 0.25) is 0 Å². The van der Waals surface area contributed by atoms with E-state index in [0.717, 1.165) is 49.0 Å². The molecule has 1 N–H and O–H groups in total. The first kappa shape index (κ1) is 25.3. The highest BCUT2D eigenvalue weighted by Gasteiger charge is 2.28. The minimum atomic E-state index is -0.446. The first-order valence-corrected chi connectivity index (χ1v) is 12.1. The van der Waals surface area contributed by atoms with Crippen molar-refractivity contribution in [2.24, 2.45) is 0 Å². The van der Waals surface area contributed by atoms with Crippen LogP contribution in [0, 0.1) is 6.42 Å². The molecule has 36 heavy (non-hydrogen) atoms. The number of hydrazine groups is 1. The van der Waals surface area contributed by atoms with Gasteiger partial charge >= 0.3 is 6.09 Å². The lowest BCUT2D eigenvalue weighted by atomic mass is 10.0. The van der Waals surface area contributed by atoms with E-state index in [1.165, 1.54) is 0 Å². The molecule has 185 valence electrons. The number of carbonyl (C=O) groups excluding carboxylic acids is 3. The maximum absolute atomic E-state index is 13.3. The molecule has 1 aliphatic rings. The molecule has 0 aliphatic carbocycles. The van der Waals surface area contributed by atoms with Gasteiger partial charge in [0, 0.05) is 36.3 Å². The number of benzene rings is 3. The first-order valence-electron chi connectivity index (χ1n) is 12.1. The number of anilines is 1. The van der Waals surface area contributed by atoms with Crippen LogP contribution in [0.15, 0.2) is 78.9 Å². The van der Waals surface area contributed by atoms with Crippen LogP contribution >= 0.6 is 0 Å². The van der Waals surface area contributed by atoms with Gasteiger partial charge in [-0.25, -0.2) is 14.8 Å². The zero-order valence-corrected chi connectivity index (χ0v) is 20.1. The second kappa shape index (κ2) is 12.8. The topological polar surface area (TPSA) is 78.9 Å². The molecule has 1 heterocycles. The van der Waals surface area contributed by atoms with E-state index in [1.807, 2.05) is 59.6 Å². The first-order chi connectivity index (χ1) is 17.7. The maximum atomic E-state index is 13.3. The number of para-hydroxylation sites is 1. The lowest BCUT2D eigenvalue weighted by molar-refractivity contribution is 0.0986. The van der Waals surface area contributed by atoms with Gasteiger partial charge in [0.15, 0.2) is 5.78 Å². The molecular weight excluding hydrogens is 454 g/mol. The number of piperidine rings is 1. The predicted octanol–water partition coefficient (Wildman–Crippen LogP) is 4.80. The van der Waals surface area contributed by atoms with Crippen molar-refractivity contribution >= 4 is 23.9 Å². The Morgan fingerprint density at radius 2 is 1.61 bits per heavy atom. The van der Waals surface area contributed by atoms with Crippen molar-refractivity contribution in [3.8, 4) is 11.1 Å². The molecule has 1 saturated heterocycles. The van der Waals surface area contributed by atoms with Crippen LogP contribution in [0.1, 0.15) is 33.6 Å². The second-order valence-corrected chi connectivity index (χ2v) is 8.47. The van der Waals surface area contributed by atoms with E-state index in [1.54, 1.807) is 29.3 Å². The van der Waals surface area contributed by atoms with Crippen molar-refractivity contribution in [3.05, 3.63) is 96.4 Å². The SMILES string of the molecule is O=Cc1ccc(C(=O)CNCCOC(=O)N(c2ccccc2-c2ccccc2)N2CC[CH]CC2)cc1. The minimum absolute atomic E-state index is 0.0956. The van der Waals surface area contributed by atoms with Gasteiger partial charge in [-0.1, -0.05) is 72.8 Å². The fraction of sp³-hybridized carbons (Fsp3) is 0.241. The predicted molar refractivity (Wildman–Crippen MR) is 140 cm³/mol. The number of amides is 1. The molecule has 0 unspecified atom stereocenters. The summed E-state index contributed by atoms with van der Waals surface area (Å²) in [7, 11) is 0. The molecule has 0 bridgehead atoms. The van der Waals surface area contributed by atoms with Gasteiger partial charge < -0.3 is 10.1 Å². The average molecular weight is 485 g/mol. The van der Waals surface area contributed by atoms with Crippen LogP contribution in [0.25, 0.3) is 11.1 Å². The lowest BCUT2D eigenvalue weighted by Crippen LogP contribution is -2.50. The Morgan fingerprint density at radius 3 is 2.33 bits per heavy atom. The highest BCUT2D eigenvalue weighted by molar-refractivity contribution is 5.98. The number of carbonyl (C=O) groups is 3. The quantitative estimate of drug-likeness (QED) is 0.253. The smallest absolute Gasteiger partial charge is 0.429 e. The zero-order valence-electron chi connectivity index (χ0n) is 20.1. The normalized spacial score (nSPS) is 13.7. The molecule has 0 atom stereocenters. The largest absolute Gasteiger partial charge is 0.447 e. The van der Waals surface area contributed by atoms with Crippen LogP contribution in [0.3, 0.4) is 0 Å². The third-order valence-electron chi connectivity index (χ3n) is 6.01. The average Bonchev–Trinajstić information content (AvgIpc) is 2.94. The summed E-state index contributed by atoms with van der Waals surface area (Å²) >= 11 is 0. The van der Waals surface area contributed by atoms with Gasteiger partial charge in [0.05, 0.1) is 12.2 Å². The number of hydrogen-bond donors (Lipinski definition) is 1. The van der Waals surface area contributed by atoms with Crippen LogP contribution < -0.4 is 10.3 Å². The molecule has 7 heteroatoms. The molecule has 4 rings (SSSR count). The Morgan fingerprint density at radius 1 is 0.917 bits per heavy atom. The molecule has 1 aliphatic heterocycles. The van der Waals surface area contributed by atoms with Crippen LogP contribution in [-0.4, -0.2) is 56.0 Å². The summed E-state index contributed by atoms with van der Waals surface area (Å²) in [5.41, 5.74) is 3.80. The number of Topliss-reactive ketones (excluding diaryl/α,β-unsaturated/α-hetero) is 1. The lowest BCUT2D eigenvalue weighted by Gasteiger charge is -2.37. The van der Waals surface area contributed by atoms with Crippen molar-refractivity contribution < 1.29 is 19.1 Å². The van der Waals surface area contributed by atoms with Crippen molar-refractivity contribution in [2.75, 3.05) is 37.8 Å². The second-order valence-electron chi connectivity index (χ2n) is 8.47. The fourth-order valence-electron chi connectivity index (χ4n) is 4.15. The Hall–Kier alpha value is -3.81. The third kappa shape index (κ3) is 6.44. The standard InChI is InChI=1S/C29H30N3O4/c33-22-23-13-15-25(16-14-23)28(34)21-30-17-20-36-29(35)32(31-18-7-2-8-19-31)27-12-6-5-11-26(27)24-9-3-1-4-10-24/h1-6,9-16,22,30H,7-8,17-21H2. The Balaban J connectivity index is 1.39. The van der Waals surface area contributed by atoms with E-state index < -0.39 is 6.09 Å². The van der Waals surface area contributed by atoms with E-state index >= 15 is 0 Å². The van der Waals surface area contributed by atoms with E-state index in [2.05, 4.69) is 11.7 Å². The number of aldehydes is 1. The van der Waals surface area contributed by atoms with Crippen LogP contribution in [0.2, 0.25) is 0 Å². The summed E-state index contributed by atoms with van der Waals surface area (Å²) in [4.78, 5) is 36.4. The molecule has 1 amide bonds. The van der Waals surface area contributed by atoms with E-state index in [4.69, 9.17) is 4.74 Å². The van der Waals surface area contributed by atoms with Crippen molar-refractivity contribution in [1.29, 1.82) is 0 Å². The van der Waals surface area contributed by atoms with Crippen molar-refractivity contribution in [2.45, 2.75) is 12.8 Å². The van der Waals surface area contributed by atoms with Crippen LogP contribution in [0.4, 0.5) is 10.5 Å². The summed E-state index contributed by atoms with van der Waals surface area (Å²) in [5.74, 6) is -0.0956. The van der Waals surface area contributed by atoms with E-state index in [0.29, 0.717) is 17.7 Å². The number of ketones is 1. The molecule has 0 aromatic heterocycles. The molecule has 3 aromatic carbocycles. The minimum Gasteiger partial charge on any atom is -0.447 e. The van der Waals surface area contributed by atoms with Gasteiger partial charge in [-0.05, 0) is 30.9 Å². The van der Waals surface area contributed by atoms with E-state index in [-0.39, 0.29) is 18.9 Å². The molecule has 3 aromatic rings. The summed E-state index contributed by atoms with van der Waals surface area (Å²) in [6.45, 7) is 2.04. The van der Waals surface area contributed by atoms with E-state index in [9.17, 15) is 14.4 Å². The maximum Gasteiger partial charge on any atom is 0.429 e. The highest BCUT2D eigenvalue weighted by atomic mass is 16.6. The van der Waals surface area contributed by atoms with Gasteiger partial charge in [0.1, 0.15) is 12.9 Å². The zero-order chi connectivity index (χ0) is 25.2. The Kier molecular flexibility index (Phi) is 8.97. The molecule has 1 fully saturated rings. The Labute approximate surface area is 211 Å². The third-order valence-corrected chi connectivity index (χ3v) is 6.01. The van der Waals surface area contributed by atoms with Gasteiger partial charge in [-0.3, -0.25) is 9.59 Å². The number of rotatable bonds is 10.